The van der Waals surface area contributed by atoms with Crippen LogP contribution in [0.1, 0.15) is 40.5 Å². The van der Waals surface area contributed by atoms with E-state index in [2.05, 4.69) is 45.8 Å². The van der Waals surface area contributed by atoms with Crippen molar-refractivity contribution in [3.05, 3.63) is 35.1 Å². The van der Waals surface area contributed by atoms with Crippen LogP contribution in [0.2, 0.25) is 0 Å². The summed E-state index contributed by atoms with van der Waals surface area (Å²) in [6, 6.07) is 0. The molecule has 1 heteroatoms. The molecule has 1 nitrogen and oxygen atoms in total. The quantitative estimate of drug-likeness (QED) is 0.548. The van der Waals surface area contributed by atoms with Crippen LogP contribution in [-0.2, 0) is 0 Å². The first-order valence-electron chi connectivity index (χ1n) is 5.31. The number of allylic oxidation sites excluding steroid dienone is 6. The second-order valence-corrected chi connectivity index (χ2v) is 2.96. The lowest BCUT2D eigenvalue weighted by Gasteiger charge is -2.09. The van der Waals surface area contributed by atoms with E-state index in [9.17, 15) is 0 Å². The van der Waals surface area contributed by atoms with Crippen molar-refractivity contribution in [2.24, 2.45) is 5.73 Å². The van der Waals surface area contributed by atoms with Gasteiger partial charge in [0.2, 0.25) is 0 Å². The van der Waals surface area contributed by atoms with E-state index in [4.69, 9.17) is 5.73 Å². The number of hydrogen-bond donors (Lipinski definition) is 1. The Morgan fingerprint density at radius 1 is 1.13 bits per heavy atom. The summed E-state index contributed by atoms with van der Waals surface area (Å²) in [7, 11) is 0. The lowest BCUT2D eigenvalue weighted by atomic mass is 10.00. The third-order valence-corrected chi connectivity index (χ3v) is 2.14. The van der Waals surface area contributed by atoms with Gasteiger partial charge in [0.05, 0.1) is 0 Å². The minimum absolute atomic E-state index is 0.914. The summed E-state index contributed by atoms with van der Waals surface area (Å²) in [5.74, 6) is 0. The van der Waals surface area contributed by atoms with Gasteiger partial charge >= 0.3 is 0 Å². The predicted octanol–water partition coefficient (Wildman–Crippen LogP) is 3.79. The third-order valence-electron chi connectivity index (χ3n) is 2.14. The second kappa shape index (κ2) is 10.7. The van der Waals surface area contributed by atoms with E-state index in [-0.39, 0.29) is 0 Å². The average molecular weight is 205 g/mol. The number of hydrogen-bond acceptors (Lipinski definition) is 1. The van der Waals surface area contributed by atoms with Gasteiger partial charge in [0.25, 0.3) is 0 Å². The van der Waals surface area contributed by atoms with Crippen molar-refractivity contribution in [1.29, 1.82) is 0 Å². The first-order valence-corrected chi connectivity index (χ1v) is 5.31. The van der Waals surface area contributed by atoms with Gasteiger partial charge in [-0.1, -0.05) is 32.1 Å². The summed E-state index contributed by atoms with van der Waals surface area (Å²) in [5, 5.41) is 0. The Bertz CT molecular complexity index is 264. The molecule has 0 aromatic rings. The lowest BCUT2D eigenvalue weighted by Crippen LogP contribution is -2.02. The number of rotatable bonds is 4. The van der Waals surface area contributed by atoms with E-state index in [1.54, 1.807) is 0 Å². The Labute approximate surface area is 94.8 Å². The highest BCUT2D eigenvalue weighted by atomic mass is 14.6. The Morgan fingerprint density at radius 3 is 1.93 bits per heavy atom. The fraction of sp³-hybridized carbons (Fsp3) is 0.429. The molecule has 0 atom stereocenters. The molecule has 0 spiro atoms. The van der Waals surface area contributed by atoms with Gasteiger partial charge in [0.1, 0.15) is 0 Å². The van der Waals surface area contributed by atoms with E-state index in [1.165, 1.54) is 11.1 Å². The van der Waals surface area contributed by atoms with Crippen molar-refractivity contribution in [1.82, 2.24) is 0 Å². The second-order valence-electron chi connectivity index (χ2n) is 2.96. The highest BCUT2D eigenvalue weighted by molar-refractivity contribution is 5.42. The summed E-state index contributed by atoms with van der Waals surface area (Å²) in [5.41, 5.74) is 9.46. The number of terminal acetylenes is 1. The van der Waals surface area contributed by atoms with E-state index >= 15 is 0 Å². The summed E-state index contributed by atoms with van der Waals surface area (Å²) >= 11 is 0. The summed E-state index contributed by atoms with van der Waals surface area (Å²) < 4.78 is 0. The van der Waals surface area contributed by atoms with Crippen molar-refractivity contribution in [3.8, 4) is 12.8 Å². The molecule has 0 bridgehead atoms. The Balaban J connectivity index is 0. The molecule has 0 aliphatic rings. The van der Waals surface area contributed by atoms with Crippen LogP contribution in [-0.4, -0.2) is 0 Å². The van der Waals surface area contributed by atoms with E-state index in [1.807, 2.05) is 13.0 Å². The molecule has 0 aromatic heterocycles. The van der Waals surface area contributed by atoms with Crippen molar-refractivity contribution < 1.29 is 0 Å². The highest BCUT2D eigenvalue weighted by Crippen LogP contribution is 2.18. The van der Waals surface area contributed by atoms with Gasteiger partial charge in [0, 0.05) is 5.70 Å². The molecule has 0 rings (SSSR count). The summed E-state index contributed by atoms with van der Waals surface area (Å²) in [4.78, 5) is 0. The van der Waals surface area contributed by atoms with Crippen LogP contribution in [0.3, 0.4) is 0 Å². The molecular weight excluding hydrogens is 182 g/mol. The van der Waals surface area contributed by atoms with Crippen LogP contribution < -0.4 is 5.73 Å². The zero-order valence-corrected chi connectivity index (χ0v) is 10.4. The molecule has 0 heterocycles. The zero-order chi connectivity index (χ0) is 12.3. The van der Waals surface area contributed by atoms with Gasteiger partial charge in [-0.15, -0.1) is 12.8 Å². The molecule has 0 aromatic carbocycles. The Hall–Kier alpha value is -1.42. The van der Waals surface area contributed by atoms with Gasteiger partial charge < -0.3 is 5.73 Å². The molecule has 0 saturated heterocycles. The molecule has 2 N–H and O–H groups in total. The largest absolute Gasteiger partial charge is 0.402 e. The normalized spacial score (nSPS) is 13.1. The third kappa shape index (κ3) is 5.80. The monoisotopic (exact) mass is 205 g/mol. The average Bonchev–Trinajstić information content (AvgIpc) is 2.31. The topological polar surface area (TPSA) is 26.0 Å². The molecule has 0 amide bonds. The van der Waals surface area contributed by atoms with Crippen molar-refractivity contribution >= 4 is 0 Å². The van der Waals surface area contributed by atoms with Crippen molar-refractivity contribution in [2.45, 2.75) is 40.5 Å². The maximum atomic E-state index is 5.94. The van der Waals surface area contributed by atoms with E-state index in [0.29, 0.717) is 0 Å². The summed E-state index contributed by atoms with van der Waals surface area (Å²) in [6.07, 6.45) is 16.2. The van der Waals surface area contributed by atoms with Crippen LogP contribution in [0.15, 0.2) is 35.1 Å². The zero-order valence-electron chi connectivity index (χ0n) is 10.4. The molecular formula is C14H23N. The lowest BCUT2D eigenvalue weighted by molar-refractivity contribution is 1.01. The fourth-order valence-corrected chi connectivity index (χ4v) is 1.33. The molecule has 0 fully saturated rings. The van der Waals surface area contributed by atoms with E-state index < -0.39 is 0 Å². The maximum Gasteiger partial charge on any atom is 0.0154 e. The van der Waals surface area contributed by atoms with Gasteiger partial charge in [-0.25, -0.2) is 0 Å². The van der Waals surface area contributed by atoms with Crippen LogP contribution >= 0.6 is 0 Å². The number of nitrogens with two attached hydrogens (primary N) is 1. The van der Waals surface area contributed by atoms with Crippen molar-refractivity contribution in [3.63, 3.8) is 0 Å². The van der Waals surface area contributed by atoms with E-state index in [0.717, 1.165) is 18.5 Å². The van der Waals surface area contributed by atoms with Crippen LogP contribution in [0.5, 0.6) is 0 Å². The molecule has 0 radical (unpaired) electrons. The first-order chi connectivity index (χ1) is 7.21. The first kappa shape index (κ1) is 16.0. The van der Waals surface area contributed by atoms with Crippen LogP contribution in [0.25, 0.3) is 0 Å². The molecule has 0 saturated carbocycles. The predicted molar refractivity (Wildman–Crippen MR) is 70.3 cm³/mol. The van der Waals surface area contributed by atoms with Crippen molar-refractivity contribution in [2.75, 3.05) is 0 Å². The van der Waals surface area contributed by atoms with Gasteiger partial charge in [0.15, 0.2) is 0 Å². The fourth-order valence-electron chi connectivity index (χ4n) is 1.33. The summed E-state index contributed by atoms with van der Waals surface area (Å²) in [6.45, 7) is 8.32. The molecule has 0 aliphatic heterocycles. The molecule has 0 unspecified atom stereocenters. The molecule has 84 valence electrons. The standard InChI is InChI=1S/C12H21N.C2H2/c1-5-9-11(12(13)8-4)10(6-2)7-3;1-2/h5-6,9H,7-8,13H2,1-4H3;1-2H/b9-5-,10-6+,12-11-;. The smallest absolute Gasteiger partial charge is 0.0154 e. The van der Waals surface area contributed by atoms with Gasteiger partial charge in [-0.2, -0.15) is 0 Å². The molecule has 0 aliphatic carbocycles. The highest BCUT2D eigenvalue weighted by Gasteiger charge is 2.02. The SMILES string of the molecule is C#C.C\C=C/C(=C(/N)CC)C(=C/C)/CC. The van der Waals surface area contributed by atoms with Crippen LogP contribution in [0.4, 0.5) is 0 Å². The van der Waals surface area contributed by atoms with Crippen LogP contribution in [0, 0.1) is 12.8 Å². The van der Waals surface area contributed by atoms with Gasteiger partial charge in [-0.05, 0) is 37.8 Å². The minimum atomic E-state index is 0.914. The Morgan fingerprint density at radius 2 is 1.67 bits per heavy atom. The minimum Gasteiger partial charge on any atom is -0.402 e. The Kier molecular flexibility index (Phi) is 11.4. The maximum absolute atomic E-state index is 5.94. The molecule has 15 heavy (non-hydrogen) atoms. The van der Waals surface area contributed by atoms with Gasteiger partial charge in [-0.3, -0.25) is 0 Å².